The predicted octanol–water partition coefficient (Wildman–Crippen LogP) is 2.82. The van der Waals surface area contributed by atoms with Crippen LogP contribution in [0.25, 0.3) is 0 Å². The third-order valence-corrected chi connectivity index (χ3v) is 4.13. The number of hydrogen-bond acceptors (Lipinski definition) is 2. The van der Waals surface area contributed by atoms with Crippen LogP contribution >= 0.6 is 0 Å². The molecule has 17 heavy (non-hydrogen) atoms. The molecule has 0 spiro atoms. The minimum atomic E-state index is 0.556. The lowest BCUT2D eigenvalue weighted by Crippen LogP contribution is -2.21. The standard InChI is InChI=1S/C14H25N3/c1-4-7-15-8-13-9-16-11-17(13)10-14(5-6-14)12(2)3/h9,11-12,15H,4-8,10H2,1-3H3. The van der Waals surface area contributed by atoms with Gasteiger partial charge in [0.1, 0.15) is 0 Å². The summed E-state index contributed by atoms with van der Waals surface area (Å²) in [6.07, 6.45) is 7.93. The van der Waals surface area contributed by atoms with Gasteiger partial charge in [0.15, 0.2) is 0 Å². The first-order valence-corrected chi connectivity index (χ1v) is 6.87. The largest absolute Gasteiger partial charge is 0.333 e. The van der Waals surface area contributed by atoms with Crippen LogP contribution in [0.2, 0.25) is 0 Å². The van der Waals surface area contributed by atoms with Crippen LogP contribution in [0, 0.1) is 11.3 Å². The number of rotatable bonds is 7. The second-order valence-corrected chi connectivity index (χ2v) is 5.71. The van der Waals surface area contributed by atoms with Crippen molar-refractivity contribution in [3.8, 4) is 0 Å². The molecule has 1 heterocycles. The number of nitrogens with zero attached hydrogens (tertiary/aromatic N) is 2. The maximum atomic E-state index is 4.30. The van der Waals surface area contributed by atoms with Crippen LogP contribution < -0.4 is 5.32 Å². The molecule has 0 radical (unpaired) electrons. The Balaban J connectivity index is 1.95. The topological polar surface area (TPSA) is 29.9 Å². The van der Waals surface area contributed by atoms with Gasteiger partial charge in [0.25, 0.3) is 0 Å². The van der Waals surface area contributed by atoms with E-state index < -0.39 is 0 Å². The van der Waals surface area contributed by atoms with E-state index in [9.17, 15) is 0 Å². The van der Waals surface area contributed by atoms with Crippen LogP contribution in [0.15, 0.2) is 12.5 Å². The van der Waals surface area contributed by atoms with E-state index in [4.69, 9.17) is 0 Å². The minimum Gasteiger partial charge on any atom is -0.333 e. The molecule has 0 aromatic carbocycles. The van der Waals surface area contributed by atoms with Gasteiger partial charge in [0, 0.05) is 19.3 Å². The van der Waals surface area contributed by atoms with Gasteiger partial charge in [-0.05, 0) is 37.1 Å². The molecule has 0 atom stereocenters. The first-order valence-electron chi connectivity index (χ1n) is 6.87. The fourth-order valence-electron chi connectivity index (χ4n) is 2.45. The second kappa shape index (κ2) is 5.21. The highest BCUT2D eigenvalue weighted by Gasteiger charge is 2.45. The monoisotopic (exact) mass is 235 g/mol. The lowest BCUT2D eigenvalue weighted by molar-refractivity contribution is 0.304. The molecule has 1 N–H and O–H groups in total. The highest BCUT2D eigenvalue weighted by molar-refractivity contribution is 5.03. The first kappa shape index (κ1) is 12.6. The number of nitrogens with one attached hydrogen (secondary N) is 1. The first-order chi connectivity index (χ1) is 8.18. The van der Waals surface area contributed by atoms with E-state index in [1.165, 1.54) is 25.0 Å². The van der Waals surface area contributed by atoms with Crippen molar-refractivity contribution in [3.63, 3.8) is 0 Å². The van der Waals surface area contributed by atoms with Crippen molar-refractivity contribution in [2.24, 2.45) is 11.3 Å². The Morgan fingerprint density at radius 3 is 2.82 bits per heavy atom. The summed E-state index contributed by atoms with van der Waals surface area (Å²) >= 11 is 0. The van der Waals surface area contributed by atoms with Gasteiger partial charge >= 0.3 is 0 Å². The Kier molecular flexibility index (Phi) is 3.87. The quantitative estimate of drug-likeness (QED) is 0.737. The van der Waals surface area contributed by atoms with Gasteiger partial charge in [-0.15, -0.1) is 0 Å². The molecular weight excluding hydrogens is 210 g/mol. The van der Waals surface area contributed by atoms with E-state index in [1.807, 2.05) is 12.5 Å². The van der Waals surface area contributed by atoms with Crippen molar-refractivity contribution in [2.75, 3.05) is 6.54 Å². The molecule has 1 aromatic heterocycles. The molecule has 0 unspecified atom stereocenters. The number of hydrogen-bond donors (Lipinski definition) is 1. The van der Waals surface area contributed by atoms with Crippen LogP contribution in [0.5, 0.6) is 0 Å². The molecular formula is C14H25N3. The average molecular weight is 235 g/mol. The smallest absolute Gasteiger partial charge is 0.0948 e. The van der Waals surface area contributed by atoms with Crippen LogP contribution in [-0.4, -0.2) is 16.1 Å². The summed E-state index contributed by atoms with van der Waals surface area (Å²) in [6.45, 7) is 10.1. The normalized spacial score (nSPS) is 17.6. The highest BCUT2D eigenvalue weighted by Crippen LogP contribution is 2.53. The molecule has 2 rings (SSSR count). The third-order valence-electron chi connectivity index (χ3n) is 4.13. The van der Waals surface area contributed by atoms with E-state index in [0.717, 1.165) is 25.6 Å². The lowest BCUT2D eigenvalue weighted by Gasteiger charge is -2.21. The van der Waals surface area contributed by atoms with Crippen LogP contribution in [0.4, 0.5) is 0 Å². The van der Waals surface area contributed by atoms with E-state index in [1.54, 1.807) is 0 Å². The molecule has 1 saturated carbocycles. The summed E-state index contributed by atoms with van der Waals surface area (Å²) in [5.74, 6) is 0.779. The van der Waals surface area contributed by atoms with Gasteiger partial charge in [0.05, 0.1) is 12.0 Å². The second-order valence-electron chi connectivity index (χ2n) is 5.71. The fraction of sp³-hybridized carbons (Fsp3) is 0.786. The van der Waals surface area contributed by atoms with Crippen molar-refractivity contribution in [1.82, 2.24) is 14.9 Å². The summed E-state index contributed by atoms with van der Waals surface area (Å²) in [6, 6.07) is 0. The van der Waals surface area contributed by atoms with Crippen LogP contribution in [0.1, 0.15) is 45.7 Å². The highest BCUT2D eigenvalue weighted by atomic mass is 15.1. The summed E-state index contributed by atoms with van der Waals surface area (Å²) in [5, 5.41) is 3.45. The maximum Gasteiger partial charge on any atom is 0.0948 e. The van der Waals surface area contributed by atoms with E-state index >= 15 is 0 Å². The van der Waals surface area contributed by atoms with E-state index in [-0.39, 0.29) is 0 Å². The molecule has 1 aromatic rings. The predicted molar refractivity (Wildman–Crippen MR) is 70.7 cm³/mol. The van der Waals surface area contributed by atoms with Gasteiger partial charge in [-0.3, -0.25) is 0 Å². The Hall–Kier alpha value is -0.830. The van der Waals surface area contributed by atoms with Gasteiger partial charge in [-0.25, -0.2) is 4.98 Å². The molecule has 0 bridgehead atoms. The molecule has 0 saturated heterocycles. The minimum absolute atomic E-state index is 0.556. The summed E-state index contributed by atoms with van der Waals surface area (Å²) in [5.41, 5.74) is 1.88. The number of aromatic nitrogens is 2. The maximum absolute atomic E-state index is 4.30. The molecule has 0 aliphatic heterocycles. The summed E-state index contributed by atoms with van der Waals surface area (Å²) in [4.78, 5) is 4.30. The molecule has 0 amide bonds. The zero-order chi connectivity index (χ0) is 12.3. The molecule has 96 valence electrons. The van der Waals surface area contributed by atoms with Crippen LogP contribution in [0.3, 0.4) is 0 Å². The molecule has 3 heteroatoms. The summed E-state index contributed by atoms with van der Waals surface area (Å²) < 4.78 is 2.34. The van der Waals surface area contributed by atoms with Gasteiger partial charge < -0.3 is 9.88 Å². The van der Waals surface area contributed by atoms with Crippen molar-refractivity contribution in [2.45, 2.75) is 53.1 Å². The Morgan fingerprint density at radius 1 is 1.47 bits per heavy atom. The summed E-state index contributed by atoms with van der Waals surface area (Å²) in [7, 11) is 0. The van der Waals surface area contributed by atoms with Crippen molar-refractivity contribution in [3.05, 3.63) is 18.2 Å². The van der Waals surface area contributed by atoms with Gasteiger partial charge in [-0.1, -0.05) is 20.8 Å². The average Bonchev–Trinajstić information content (AvgIpc) is 2.95. The fourth-order valence-corrected chi connectivity index (χ4v) is 2.45. The zero-order valence-electron chi connectivity index (χ0n) is 11.4. The SMILES string of the molecule is CCCNCc1cncn1CC1(C(C)C)CC1. The van der Waals surface area contributed by atoms with Crippen LogP contribution in [-0.2, 0) is 13.1 Å². The Bertz CT molecular complexity index is 350. The van der Waals surface area contributed by atoms with Crippen molar-refractivity contribution in [1.29, 1.82) is 0 Å². The van der Waals surface area contributed by atoms with Crippen molar-refractivity contribution >= 4 is 0 Å². The lowest BCUT2D eigenvalue weighted by atomic mass is 9.92. The van der Waals surface area contributed by atoms with Gasteiger partial charge in [0.2, 0.25) is 0 Å². The molecule has 1 aliphatic carbocycles. The van der Waals surface area contributed by atoms with Crippen molar-refractivity contribution < 1.29 is 0 Å². The Labute approximate surface area is 105 Å². The molecule has 1 fully saturated rings. The third kappa shape index (κ3) is 2.89. The molecule has 3 nitrogen and oxygen atoms in total. The zero-order valence-corrected chi connectivity index (χ0v) is 11.4. The van der Waals surface area contributed by atoms with E-state index in [2.05, 4.69) is 35.6 Å². The Morgan fingerprint density at radius 2 is 2.24 bits per heavy atom. The van der Waals surface area contributed by atoms with Gasteiger partial charge in [-0.2, -0.15) is 0 Å². The number of imidazole rings is 1. The molecule has 1 aliphatic rings. The van der Waals surface area contributed by atoms with E-state index in [0.29, 0.717) is 5.41 Å².